The maximum atomic E-state index is 14.2. The molecule has 0 aliphatic heterocycles. The molecule has 4 rings (SSSR count). The summed E-state index contributed by atoms with van der Waals surface area (Å²) in [5.41, 5.74) is 0. The van der Waals surface area contributed by atoms with Crippen molar-refractivity contribution in [2.75, 3.05) is 0 Å². The van der Waals surface area contributed by atoms with Gasteiger partial charge in [0.05, 0.1) is 0 Å². The van der Waals surface area contributed by atoms with Crippen molar-refractivity contribution in [2.24, 2.45) is 0 Å². The molecule has 90 valence electrons. The van der Waals surface area contributed by atoms with Crippen LogP contribution < -0.4 is 0 Å². The van der Waals surface area contributed by atoms with Gasteiger partial charge in [0.15, 0.2) is 0 Å². The van der Waals surface area contributed by atoms with Gasteiger partial charge in [-0.05, 0) is 27.6 Å². The predicted octanol–water partition coefficient (Wildman–Crippen LogP) is 5.29. The highest BCUT2D eigenvalue weighted by Crippen LogP contribution is 2.33. The van der Waals surface area contributed by atoms with Crippen LogP contribution in [0.1, 0.15) is 0 Å². The molecule has 0 unspecified atom stereocenters. The lowest BCUT2D eigenvalue weighted by Crippen LogP contribution is -1.84. The van der Waals surface area contributed by atoms with E-state index in [0.717, 1.165) is 32.3 Å². The number of halogens is 1. The molecule has 0 aliphatic carbocycles. The predicted molar refractivity (Wildman–Crippen MR) is 78.9 cm³/mol. The van der Waals surface area contributed by atoms with Crippen LogP contribution in [0.25, 0.3) is 32.3 Å². The summed E-state index contributed by atoms with van der Waals surface area (Å²) in [6.45, 7) is 0. The summed E-state index contributed by atoms with van der Waals surface area (Å²) in [5, 5.41) is 6.01. The smallest absolute Gasteiger partial charge is 0.131 e. The van der Waals surface area contributed by atoms with Gasteiger partial charge in [-0.1, -0.05) is 60.7 Å². The maximum absolute atomic E-state index is 14.2. The Labute approximate surface area is 110 Å². The third-order valence-electron chi connectivity index (χ3n) is 3.70. The molecule has 0 spiro atoms. The average molecular weight is 246 g/mol. The van der Waals surface area contributed by atoms with Crippen LogP contribution >= 0.6 is 0 Å². The molecule has 1 heteroatoms. The maximum Gasteiger partial charge on any atom is 0.131 e. The molecule has 0 radical (unpaired) electrons. The molecule has 4 aromatic rings. The van der Waals surface area contributed by atoms with Crippen LogP contribution in [0.3, 0.4) is 0 Å². The fourth-order valence-electron chi connectivity index (χ4n) is 2.83. The molecule has 0 saturated carbocycles. The summed E-state index contributed by atoms with van der Waals surface area (Å²) < 4.78 is 14.2. The second-order valence-electron chi connectivity index (χ2n) is 4.79. The minimum Gasteiger partial charge on any atom is -0.206 e. The van der Waals surface area contributed by atoms with Crippen molar-refractivity contribution in [2.45, 2.75) is 0 Å². The molecule has 0 heterocycles. The molecule has 0 aromatic heterocycles. The van der Waals surface area contributed by atoms with Crippen molar-refractivity contribution in [3.05, 3.63) is 72.5 Å². The van der Waals surface area contributed by atoms with Crippen LogP contribution in [0.15, 0.2) is 66.7 Å². The first-order valence-electron chi connectivity index (χ1n) is 6.33. The van der Waals surface area contributed by atoms with E-state index in [4.69, 9.17) is 0 Å². The molecular weight excluding hydrogens is 235 g/mol. The first kappa shape index (κ1) is 10.5. The highest BCUT2D eigenvalue weighted by Gasteiger charge is 2.08. The number of hydrogen-bond acceptors (Lipinski definition) is 0. The van der Waals surface area contributed by atoms with E-state index in [9.17, 15) is 4.39 Å². The molecule has 4 aromatic carbocycles. The Kier molecular flexibility index (Phi) is 2.10. The zero-order valence-corrected chi connectivity index (χ0v) is 10.2. The van der Waals surface area contributed by atoms with Gasteiger partial charge in [-0.15, -0.1) is 0 Å². The first-order chi connectivity index (χ1) is 9.34. The SMILES string of the molecule is Fc1cccc2ccc3ccc4ccccc4c3c12. The van der Waals surface area contributed by atoms with Crippen molar-refractivity contribution in [1.82, 2.24) is 0 Å². The fourth-order valence-corrected chi connectivity index (χ4v) is 2.83. The van der Waals surface area contributed by atoms with Crippen LogP contribution in [-0.4, -0.2) is 0 Å². The zero-order valence-electron chi connectivity index (χ0n) is 10.2. The van der Waals surface area contributed by atoms with Crippen LogP contribution in [0, 0.1) is 5.82 Å². The Morgan fingerprint density at radius 3 is 2.00 bits per heavy atom. The van der Waals surface area contributed by atoms with Crippen molar-refractivity contribution in [3.63, 3.8) is 0 Å². The van der Waals surface area contributed by atoms with Crippen LogP contribution in [0.5, 0.6) is 0 Å². The van der Waals surface area contributed by atoms with Crippen LogP contribution in [0.2, 0.25) is 0 Å². The van der Waals surface area contributed by atoms with Gasteiger partial charge >= 0.3 is 0 Å². The Hall–Kier alpha value is -2.41. The second-order valence-corrected chi connectivity index (χ2v) is 4.79. The third-order valence-corrected chi connectivity index (χ3v) is 3.70. The molecule has 0 atom stereocenters. The highest BCUT2D eigenvalue weighted by atomic mass is 19.1. The van der Waals surface area contributed by atoms with E-state index in [1.54, 1.807) is 6.07 Å². The van der Waals surface area contributed by atoms with E-state index in [0.29, 0.717) is 0 Å². The van der Waals surface area contributed by atoms with Crippen molar-refractivity contribution < 1.29 is 4.39 Å². The van der Waals surface area contributed by atoms with E-state index >= 15 is 0 Å². The summed E-state index contributed by atoms with van der Waals surface area (Å²) in [6.07, 6.45) is 0. The minimum atomic E-state index is -0.153. The lowest BCUT2D eigenvalue weighted by atomic mass is 9.96. The molecule has 19 heavy (non-hydrogen) atoms. The lowest BCUT2D eigenvalue weighted by Gasteiger charge is -2.08. The lowest BCUT2D eigenvalue weighted by molar-refractivity contribution is 0.640. The summed E-state index contributed by atoms with van der Waals surface area (Å²) in [4.78, 5) is 0. The molecular formula is C18H11F. The zero-order chi connectivity index (χ0) is 12.8. The van der Waals surface area contributed by atoms with Crippen LogP contribution in [-0.2, 0) is 0 Å². The Balaban J connectivity index is 2.40. The van der Waals surface area contributed by atoms with Crippen molar-refractivity contribution >= 4 is 32.3 Å². The van der Waals surface area contributed by atoms with Crippen molar-refractivity contribution in [3.8, 4) is 0 Å². The van der Waals surface area contributed by atoms with Gasteiger partial charge in [0.1, 0.15) is 5.82 Å². The molecule has 0 bridgehead atoms. The monoisotopic (exact) mass is 246 g/mol. The quantitative estimate of drug-likeness (QED) is 0.370. The van der Waals surface area contributed by atoms with Gasteiger partial charge in [-0.2, -0.15) is 0 Å². The van der Waals surface area contributed by atoms with Crippen molar-refractivity contribution in [1.29, 1.82) is 0 Å². The van der Waals surface area contributed by atoms with Gasteiger partial charge < -0.3 is 0 Å². The number of benzene rings is 4. The topological polar surface area (TPSA) is 0 Å². The van der Waals surface area contributed by atoms with E-state index in [2.05, 4.69) is 30.3 Å². The first-order valence-corrected chi connectivity index (χ1v) is 6.33. The van der Waals surface area contributed by atoms with Gasteiger partial charge in [-0.25, -0.2) is 4.39 Å². The van der Waals surface area contributed by atoms with Gasteiger partial charge in [0, 0.05) is 10.8 Å². The van der Waals surface area contributed by atoms with E-state index in [-0.39, 0.29) is 5.82 Å². The van der Waals surface area contributed by atoms with E-state index in [1.165, 1.54) is 6.07 Å². The summed E-state index contributed by atoms with van der Waals surface area (Å²) in [6, 6.07) is 21.6. The second kappa shape index (κ2) is 3.79. The van der Waals surface area contributed by atoms with Gasteiger partial charge in [0.25, 0.3) is 0 Å². The third kappa shape index (κ3) is 1.45. The molecule has 0 amide bonds. The molecule has 0 nitrogen and oxygen atoms in total. The number of fused-ring (bicyclic) bond motifs is 5. The Bertz CT molecular complexity index is 917. The van der Waals surface area contributed by atoms with E-state index < -0.39 is 0 Å². The van der Waals surface area contributed by atoms with Gasteiger partial charge in [-0.3, -0.25) is 0 Å². The Morgan fingerprint density at radius 2 is 1.16 bits per heavy atom. The average Bonchev–Trinajstić information content (AvgIpc) is 2.47. The summed E-state index contributed by atoms with van der Waals surface area (Å²) >= 11 is 0. The highest BCUT2D eigenvalue weighted by molar-refractivity contribution is 6.20. The summed E-state index contributed by atoms with van der Waals surface area (Å²) in [5.74, 6) is -0.153. The Morgan fingerprint density at radius 1 is 0.526 bits per heavy atom. The number of rotatable bonds is 0. The normalized spacial score (nSPS) is 11.4. The summed E-state index contributed by atoms with van der Waals surface area (Å²) in [7, 11) is 0. The van der Waals surface area contributed by atoms with E-state index in [1.807, 2.05) is 24.3 Å². The minimum absolute atomic E-state index is 0.153. The molecule has 0 fully saturated rings. The van der Waals surface area contributed by atoms with Crippen LogP contribution in [0.4, 0.5) is 4.39 Å². The standard InChI is InChI=1S/C18H11F/c19-16-7-3-5-13-10-11-14-9-8-12-4-1-2-6-15(12)17(14)18(13)16/h1-11H. The molecule has 0 N–H and O–H groups in total. The number of hydrogen-bond donors (Lipinski definition) is 0. The fraction of sp³-hybridized carbons (Fsp3) is 0. The largest absolute Gasteiger partial charge is 0.206 e. The molecule has 0 aliphatic rings. The van der Waals surface area contributed by atoms with Gasteiger partial charge in [0.2, 0.25) is 0 Å². The molecule has 0 saturated heterocycles.